The van der Waals surface area contributed by atoms with Crippen LogP contribution in [0.2, 0.25) is 0 Å². The largest absolute Gasteiger partial charge is 0.507 e. The lowest BCUT2D eigenvalue weighted by molar-refractivity contribution is -0.324. The van der Waals surface area contributed by atoms with Crippen molar-refractivity contribution < 1.29 is 105 Å². The number of halogens is 1. The maximum Gasteiger partial charge on any atom is 0.364 e. The molecule has 91 heavy (non-hydrogen) atoms. The number of phenols is 1. The van der Waals surface area contributed by atoms with Crippen molar-refractivity contribution >= 4 is 74.0 Å². The van der Waals surface area contributed by atoms with Gasteiger partial charge in [0, 0.05) is 83.4 Å². The maximum absolute atomic E-state index is 14.0. The fraction of sp³-hybridized carbons (Fsp3) is 0.508. The van der Waals surface area contributed by atoms with Crippen molar-refractivity contribution in [3.05, 3.63) is 108 Å². The number of aromatic nitrogens is 4. The highest BCUT2D eigenvalue weighted by atomic mass is 35.5. The molecule has 1 saturated carbocycles. The van der Waals surface area contributed by atoms with Crippen LogP contribution in [-0.4, -0.2) is 233 Å². The molecule has 4 aromatic carbocycles. The second-order valence-corrected chi connectivity index (χ2v) is 24.2. The lowest BCUT2D eigenvalue weighted by atomic mass is 9.94. The van der Waals surface area contributed by atoms with Crippen molar-refractivity contribution in [1.29, 1.82) is 0 Å². The minimum absolute atomic E-state index is 0.0549. The van der Waals surface area contributed by atoms with E-state index in [1.807, 2.05) is 38.1 Å². The average molecular weight is 1290 g/mol. The van der Waals surface area contributed by atoms with Gasteiger partial charge in [0.25, 0.3) is 17.6 Å². The van der Waals surface area contributed by atoms with E-state index in [2.05, 4.69) is 31.2 Å². The number of nitrogens with zero attached hydrogens (tertiary/aromatic N) is 4. The Balaban J connectivity index is 0.702. The van der Waals surface area contributed by atoms with E-state index >= 15 is 0 Å². The average Bonchev–Trinajstić information content (AvgIpc) is 1.60. The zero-order valence-electron chi connectivity index (χ0n) is 49.9. The summed E-state index contributed by atoms with van der Waals surface area (Å²) in [6.45, 7) is 4.25. The number of aliphatic hydroxyl groups excluding tert-OH is 9. The van der Waals surface area contributed by atoms with E-state index in [1.165, 1.54) is 18.3 Å². The smallest absolute Gasteiger partial charge is 0.364 e. The fourth-order valence-corrected chi connectivity index (χ4v) is 11.6. The van der Waals surface area contributed by atoms with Crippen LogP contribution in [0.1, 0.15) is 78.6 Å². The van der Waals surface area contributed by atoms with E-state index < -0.39 is 141 Å². The van der Waals surface area contributed by atoms with Crippen molar-refractivity contribution in [3.63, 3.8) is 0 Å². The number of amides is 3. The molecule has 30 heteroatoms. The number of hydrogen-bond donors (Lipinski definition) is 17. The SMILES string of the molecule is CC(=O)NC(C(O)CC(O)(OCC1OC(OC(C)C(C)C)C(O)C(O)C1O)C(=O)O)C1CC1(O)[C@H](O)Cn1cc(COCC(O)C(O)C(O)C(O)CNc2ccc(C(=O)Nc3ccc4cc(C(=O)N5C[C@H](CCl)c6c5cc(O)c5ccccc65)[nH]c4c3)cc2)nn1. The number of anilines is 3. The minimum atomic E-state index is -3.21. The molecular formula is C61H77ClN8O21. The molecule has 29 nitrogen and oxygen atoms in total. The van der Waals surface area contributed by atoms with Gasteiger partial charge in [0.05, 0.1) is 68.2 Å². The monoisotopic (exact) mass is 1290 g/mol. The van der Waals surface area contributed by atoms with Gasteiger partial charge in [0.2, 0.25) is 5.91 Å². The number of carbonyl (C=O) groups excluding carboxylic acids is 3. The molecule has 4 heterocycles. The third kappa shape index (κ3) is 15.2. The number of alkyl halides is 1. The molecule has 1 saturated heterocycles. The van der Waals surface area contributed by atoms with E-state index in [-0.39, 0.29) is 60.2 Å². The number of carboxylic acids is 1. The van der Waals surface area contributed by atoms with Crippen LogP contribution in [0, 0.1) is 11.8 Å². The van der Waals surface area contributed by atoms with Gasteiger partial charge in [-0.15, -0.1) is 16.7 Å². The second-order valence-electron chi connectivity index (χ2n) is 23.9. The molecule has 494 valence electrons. The van der Waals surface area contributed by atoms with Gasteiger partial charge in [-0.1, -0.05) is 49.4 Å². The maximum atomic E-state index is 14.0. The Morgan fingerprint density at radius 3 is 2.26 bits per heavy atom. The number of rotatable bonds is 29. The lowest BCUT2D eigenvalue weighted by Crippen LogP contribution is -2.61. The summed E-state index contributed by atoms with van der Waals surface area (Å²) in [7, 11) is 0. The van der Waals surface area contributed by atoms with Crippen molar-refractivity contribution in [2.75, 3.05) is 47.7 Å². The quantitative estimate of drug-likeness (QED) is 0.0216. The number of aliphatic hydroxyl groups is 11. The van der Waals surface area contributed by atoms with Gasteiger partial charge in [-0.05, 0) is 72.7 Å². The summed E-state index contributed by atoms with van der Waals surface area (Å²) >= 11 is 6.39. The van der Waals surface area contributed by atoms with Crippen LogP contribution in [0.5, 0.6) is 5.75 Å². The summed E-state index contributed by atoms with van der Waals surface area (Å²) in [6, 6.07) is 20.6. The molecule has 15 unspecified atom stereocenters. The molecule has 2 aromatic heterocycles. The number of H-pyrrole nitrogens is 1. The van der Waals surface area contributed by atoms with Gasteiger partial charge in [0.15, 0.2) is 6.29 Å². The highest BCUT2D eigenvalue weighted by Crippen LogP contribution is 2.50. The second kappa shape index (κ2) is 28.5. The summed E-state index contributed by atoms with van der Waals surface area (Å²) < 4.78 is 23.1. The first kappa shape index (κ1) is 68.4. The number of nitrogens with one attached hydrogen (secondary N) is 4. The van der Waals surface area contributed by atoms with E-state index in [1.54, 1.807) is 54.3 Å². The van der Waals surface area contributed by atoms with Crippen molar-refractivity contribution in [1.82, 2.24) is 25.3 Å². The fourth-order valence-electron chi connectivity index (χ4n) is 11.4. The van der Waals surface area contributed by atoms with Gasteiger partial charge >= 0.3 is 5.97 Å². The van der Waals surface area contributed by atoms with E-state index in [9.17, 15) is 85.6 Å². The molecule has 3 amide bonds. The number of carboxylic acid groups (broad SMARTS) is 1. The first-order valence-corrected chi connectivity index (χ1v) is 30.0. The summed E-state index contributed by atoms with van der Waals surface area (Å²) in [5.41, 5.74) is 1.68. The number of phenolic OH excluding ortho intramolecular Hbond substituents is 1. The Kier molecular flexibility index (Phi) is 21.4. The summed E-state index contributed by atoms with van der Waals surface area (Å²) in [5.74, 6) is -7.70. The van der Waals surface area contributed by atoms with E-state index in [0.717, 1.165) is 27.9 Å². The number of fused-ring (bicyclic) bond motifs is 4. The molecule has 0 radical (unpaired) electrons. The molecule has 1 aliphatic carbocycles. The lowest BCUT2D eigenvalue weighted by Gasteiger charge is -2.42. The Hall–Kier alpha value is -7.01. The number of aliphatic carboxylic acids is 1. The zero-order chi connectivity index (χ0) is 66.0. The minimum Gasteiger partial charge on any atom is -0.507 e. The van der Waals surface area contributed by atoms with Crippen LogP contribution in [0.15, 0.2) is 85.1 Å². The standard InChI is InChI=1S/C61H77ClN8O21/c1-28(2)29(3)90-58-55(81)54(80)53(79)47(91-58)27-89-61(87,59(84)85)19-44(73)50(64-30(4)71)39-18-60(39,86)48(76)24-69-23-36(67-68-69)25-88-26-46(75)52(78)51(77)45(74)21-63-34-12-9-31(10-13-34)56(82)65-35-14-11-32-15-41(66-40(32)16-35)57(83)70-22-33(20-62)49-38-8-6-5-7-37(38)43(72)17-42(49)70/h5-17,23,28-29,33,39,44-48,50-55,58,63,66,72-81,86-87H,18-22,24-27H2,1-4H3,(H,64,71)(H,65,82)(H,84,85)/t29?,33-,39?,44?,45?,46?,47?,48+,50?,51?,52?,53?,54?,55?,58?,60?,61?/m0/s1. The van der Waals surface area contributed by atoms with Crippen molar-refractivity contribution in [2.45, 2.75) is 150 Å². The Morgan fingerprint density at radius 1 is 0.890 bits per heavy atom. The van der Waals surface area contributed by atoms with Crippen LogP contribution in [0.4, 0.5) is 17.1 Å². The molecule has 2 aliphatic heterocycles. The molecule has 9 rings (SSSR count). The number of hydrogen-bond acceptors (Lipinski definition) is 23. The summed E-state index contributed by atoms with van der Waals surface area (Å²) in [6.07, 6.45) is -19.6. The van der Waals surface area contributed by atoms with E-state index in [4.69, 9.17) is 30.5 Å². The number of aromatic amines is 1. The highest BCUT2D eigenvalue weighted by Gasteiger charge is 2.63. The van der Waals surface area contributed by atoms with Gasteiger partial charge in [-0.25, -0.2) is 9.48 Å². The number of benzene rings is 4. The Bertz CT molecular complexity index is 3540. The molecule has 0 spiro atoms. The molecule has 17 atom stereocenters. The first-order valence-electron chi connectivity index (χ1n) is 29.5. The number of ether oxygens (including phenoxy) is 4. The van der Waals surface area contributed by atoms with Gasteiger partial charge < -0.3 is 111 Å². The number of aromatic hydroxyl groups is 1. The van der Waals surface area contributed by atoms with Gasteiger partial charge in [-0.3, -0.25) is 14.4 Å². The third-order valence-electron chi connectivity index (χ3n) is 17.1. The van der Waals surface area contributed by atoms with Gasteiger partial charge in [-0.2, -0.15) is 0 Å². The van der Waals surface area contributed by atoms with Crippen molar-refractivity contribution in [2.24, 2.45) is 11.8 Å². The topological polar surface area (TPSA) is 454 Å². The molecule has 17 N–H and O–H groups in total. The van der Waals surface area contributed by atoms with Crippen LogP contribution >= 0.6 is 11.6 Å². The predicted molar refractivity (Wildman–Crippen MR) is 324 cm³/mol. The van der Waals surface area contributed by atoms with Crippen molar-refractivity contribution in [3.8, 4) is 5.75 Å². The van der Waals surface area contributed by atoms with E-state index in [0.29, 0.717) is 40.2 Å². The van der Waals surface area contributed by atoms with Crippen LogP contribution in [0.3, 0.4) is 0 Å². The Labute approximate surface area is 525 Å². The third-order valence-corrected chi connectivity index (χ3v) is 17.4. The normalized spacial score (nSPS) is 24.8. The number of carbonyl (C=O) groups is 4. The van der Waals surface area contributed by atoms with Crippen LogP contribution in [0.25, 0.3) is 21.7 Å². The first-order chi connectivity index (χ1) is 43.1. The van der Waals surface area contributed by atoms with Crippen LogP contribution in [-0.2, 0) is 41.7 Å². The predicted octanol–water partition coefficient (Wildman–Crippen LogP) is -0.0483. The Morgan fingerprint density at radius 2 is 1.58 bits per heavy atom. The highest BCUT2D eigenvalue weighted by molar-refractivity contribution is 6.19. The summed E-state index contributed by atoms with van der Waals surface area (Å²) in [4.78, 5) is 56.8. The van der Waals surface area contributed by atoms with Crippen LogP contribution < -0.4 is 20.9 Å². The molecule has 6 aromatic rings. The summed E-state index contributed by atoms with van der Waals surface area (Å²) in [5, 5.41) is 159. The van der Waals surface area contributed by atoms with Gasteiger partial charge in [0.1, 0.15) is 66.0 Å². The zero-order valence-corrected chi connectivity index (χ0v) is 50.7. The molecule has 0 bridgehead atoms. The molecule has 2 fully saturated rings. The molecular weight excluding hydrogens is 1220 g/mol. The molecule has 3 aliphatic rings.